The number of hydrogen-bond donors (Lipinski definition) is 2. The van der Waals surface area contributed by atoms with Crippen molar-refractivity contribution in [2.45, 2.75) is 25.8 Å². The quantitative estimate of drug-likeness (QED) is 0.710. The van der Waals surface area contributed by atoms with Crippen molar-refractivity contribution < 1.29 is 24.2 Å². The zero-order chi connectivity index (χ0) is 18.9. The zero-order valence-corrected chi connectivity index (χ0v) is 14.9. The maximum atomic E-state index is 12.0. The molecule has 1 amide bonds. The number of amides is 1. The smallest absolute Gasteiger partial charge is 0.342 e. The highest BCUT2D eigenvalue weighted by Crippen LogP contribution is 2.23. The number of esters is 1. The van der Waals surface area contributed by atoms with Gasteiger partial charge in [-0.15, -0.1) is 0 Å². The minimum atomic E-state index is -0.784. The average molecular weight is 357 g/mol. The summed E-state index contributed by atoms with van der Waals surface area (Å²) in [5.41, 5.74) is 1.16. The Balaban J connectivity index is 1.78. The molecule has 0 heterocycles. The third-order valence-electron chi connectivity index (χ3n) is 3.87. The van der Waals surface area contributed by atoms with Crippen LogP contribution in [0.2, 0.25) is 0 Å². The lowest BCUT2D eigenvalue weighted by atomic mass is 10.1. The largest absolute Gasteiger partial charge is 0.507 e. The van der Waals surface area contributed by atoms with Gasteiger partial charge in [-0.3, -0.25) is 4.79 Å². The van der Waals surface area contributed by atoms with Crippen molar-refractivity contribution in [2.24, 2.45) is 0 Å². The fourth-order valence-corrected chi connectivity index (χ4v) is 2.43. The molecule has 0 aliphatic heterocycles. The molecule has 0 fully saturated rings. The van der Waals surface area contributed by atoms with Gasteiger partial charge in [0.2, 0.25) is 0 Å². The summed E-state index contributed by atoms with van der Waals surface area (Å²) in [5.74, 6) is -0.990. The molecule has 138 valence electrons. The van der Waals surface area contributed by atoms with Gasteiger partial charge in [-0.1, -0.05) is 30.3 Å². The van der Waals surface area contributed by atoms with E-state index in [1.54, 1.807) is 0 Å². The number of carbonyl (C=O) groups is 2. The van der Waals surface area contributed by atoms with Gasteiger partial charge in [0, 0.05) is 6.04 Å². The van der Waals surface area contributed by atoms with Gasteiger partial charge in [-0.2, -0.15) is 0 Å². The summed E-state index contributed by atoms with van der Waals surface area (Å²) in [7, 11) is 1.45. The van der Waals surface area contributed by atoms with Crippen LogP contribution in [0.15, 0.2) is 48.5 Å². The lowest BCUT2D eigenvalue weighted by Gasteiger charge is -2.14. The molecule has 0 unspecified atom stereocenters. The second kappa shape index (κ2) is 9.46. The molecule has 0 aliphatic carbocycles. The Morgan fingerprint density at radius 3 is 2.58 bits per heavy atom. The van der Waals surface area contributed by atoms with E-state index in [0.717, 1.165) is 12.8 Å². The summed E-state index contributed by atoms with van der Waals surface area (Å²) in [6, 6.07) is 14.2. The molecule has 0 aromatic heterocycles. The van der Waals surface area contributed by atoms with Crippen molar-refractivity contribution in [3.8, 4) is 11.5 Å². The first-order chi connectivity index (χ1) is 12.5. The number of rotatable bonds is 8. The van der Waals surface area contributed by atoms with Gasteiger partial charge in [0.25, 0.3) is 5.91 Å². The topological polar surface area (TPSA) is 84.9 Å². The second-order valence-electron chi connectivity index (χ2n) is 5.95. The molecular formula is C20H23NO5. The molecule has 2 N–H and O–H groups in total. The molecule has 0 spiro atoms. The van der Waals surface area contributed by atoms with E-state index in [0.29, 0.717) is 5.75 Å². The SMILES string of the molecule is COc1ccc(O)c(C(=O)OCC(=O)N[C@@H](C)CCc2ccccc2)c1. The van der Waals surface area contributed by atoms with Gasteiger partial charge in [-0.25, -0.2) is 4.79 Å². The molecule has 0 radical (unpaired) electrons. The number of ether oxygens (including phenoxy) is 2. The maximum absolute atomic E-state index is 12.0. The first-order valence-corrected chi connectivity index (χ1v) is 8.37. The third kappa shape index (κ3) is 5.81. The van der Waals surface area contributed by atoms with E-state index in [1.807, 2.05) is 37.3 Å². The van der Waals surface area contributed by atoms with Gasteiger partial charge in [-0.05, 0) is 43.5 Å². The summed E-state index contributed by atoms with van der Waals surface area (Å²) < 4.78 is 9.97. The molecular weight excluding hydrogens is 334 g/mol. The number of hydrogen-bond acceptors (Lipinski definition) is 5. The molecule has 0 saturated carbocycles. The highest BCUT2D eigenvalue weighted by molar-refractivity contribution is 5.94. The Hall–Kier alpha value is -3.02. The van der Waals surface area contributed by atoms with Crippen LogP contribution in [0.5, 0.6) is 11.5 Å². The van der Waals surface area contributed by atoms with Crippen LogP contribution in [0, 0.1) is 0 Å². The highest BCUT2D eigenvalue weighted by Gasteiger charge is 2.16. The molecule has 1 atom stereocenters. The van der Waals surface area contributed by atoms with Crippen molar-refractivity contribution >= 4 is 11.9 Å². The fourth-order valence-electron chi connectivity index (χ4n) is 2.43. The minimum Gasteiger partial charge on any atom is -0.507 e. The number of phenols is 1. The van der Waals surface area contributed by atoms with E-state index < -0.39 is 12.6 Å². The summed E-state index contributed by atoms with van der Waals surface area (Å²) in [4.78, 5) is 23.9. The summed E-state index contributed by atoms with van der Waals surface area (Å²) >= 11 is 0. The van der Waals surface area contributed by atoms with Crippen LogP contribution in [-0.2, 0) is 16.0 Å². The number of aryl methyl sites for hydroxylation is 1. The van der Waals surface area contributed by atoms with E-state index in [1.165, 1.54) is 30.9 Å². The minimum absolute atomic E-state index is 0.0470. The average Bonchev–Trinajstić information content (AvgIpc) is 2.65. The van der Waals surface area contributed by atoms with Gasteiger partial charge in [0.05, 0.1) is 7.11 Å². The Morgan fingerprint density at radius 2 is 1.88 bits per heavy atom. The molecule has 2 rings (SSSR count). The summed E-state index contributed by atoms with van der Waals surface area (Å²) in [6.45, 7) is 1.49. The van der Waals surface area contributed by atoms with Crippen LogP contribution in [-0.4, -0.2) is 36.7 Å². The lowest BCUT2D eigenvalue weighted by Crippen LogP contribution is -2.36. The Kier molecular flexibility index (Phi) is 7.02. The van der Waals surface area contributed by atoms with E-state index >= 15 is 0 Å². The number of methoxy groups -OCH3 is 1. The summed E-state index contributed by atoms with van der Waals surface area (Å²) in [5, 5.41) is 12.5. The van der Waals surface area contributed by atoms with E-state index in [2.05, 4.69) is 5.32 Å². The number of aromatic hydroxyl groups is 1. The van der Waals surface area contributed by atoms with Gasteiger partial charge in [0.1, 0.15) is 17.1 Å². The van der Waals surface area contributed by atoms with Crippen LogP contribution >= 0.6 is 0 Å². The van der Waals surface area contributed by atoms with Crippen LogP contribution < -0.4 is 10.1 Å². The van der Waals surface area contributed by atoms with Crippen LogP contribution in [0.25, 0.3) is 0 Å². The monoisotopic (exact) mass is 357 g/mol. The van der Waals surface area contributed by atoms with Crippen molar-refractivity contribution in [3.63, 3.8) is 0 Å². The predicted octanol–water partition coefficient (Wildman–Crippen LogP) is 2.70. The van der Waals surface area contributed by atoms with Crippen LogP contribution in [0.3, 0.4) is 0 Å². The van der Waals surface area contributed by atoms with E-state index in [-0.39, 0.29) is 23.3 Å². The number of phenolic OH excluding ortho intramolecular Hbond substituents is 1. The molecule has 26 heavy (non-hydrogen) atoms. The second-order valence-corrected chi connectivity index (χ2v) is 5.95. The van der Waals surface area contributed by atoms with Crippen molar-refractivity contribution in [3.05, 3.63) is 59.7 Å². The summed E-state index contributed by atoms with van der Waals surface area (Å²) in [6.07, 6.45) is 1.63. The molecule has 6 heteroatoms. The zero-order valence-electron chi connectivity index (χ0n) is 14.9. The van der Waals surface area contributed by atoms with Crippen LogP contribution in [0.4, 0.5) is 0 Å². The third-order valence-corrected chi connectivity index (χ3v) is 3.87. The van der Waals surface area contributed by atoms with Crippen molar-refractivity contribution in [1.29, 1.82) is 0 Å². The first kappa shape index (κ1) is 19.3. The Labute approximate surface area is 152 Å². The molecule has 2 aromatic carbocycles. The number of carbonyl (C=O) groups excluding carboxylic acids is 2. The maximum Gasteiger partial charge on any atom is 0.342 e. The highest BCUT2D eigenvalue weighted by atomic mass is 16.5. The first-order valence-electron chi connectivity index (χ1n) is 8.37. The standard InChI is InChI=1S/C20H23NO5/c1-14(8-9-15-6-4-3-5-7-15)21-19(23)13-26-20(24)17-12-16(25-2)10-11-18(17)22/h3-7,10-12,14,22H,8-9,13H2,1-2H3,(H,21,23)/t14-/m0/s1. The molecule has 0 saturated heterocycles. The Morgan fingerprint density at radius 1 is 1.15 bits per heavy atom. The molecule has 0 aliphatic rings. The van der Waals surface area contributed by atoms with E-state index in [4.69, 9.17) is 9.47 Å². The number of nitrogens with one attached hydrogen (secondary N) is 1. The van der Waals surface area contributed by atoms with Crippen molar-refractivity contribution in [2.75, 3.05) is 13.7 Å². The number of benzene rings is 2. The van der Waals surface area contributed by atoms with E-state index in [9.17, 15) is 14.7 Å². The normalized spacial score (nSPS) is 11.5. The van der Waals surface area contributed by atoms with Gasteiger partial charge >= 0.3 is 5.97 Å². The fraction of sp³-hybridized carbons (Fsp3) is 0.300. The molecule has 2 aromatic rings. The lowest BCUT2D eigenvalue weighted by molar-refractivity contribution is -0.124. The van der Waals surface area contributed by atoms with Crippen LogP contribution in [0.1, 0.15) is 29.3 Å². The van der Waals surface area contributed by atoms with Gasteiger partial charge < -0.3 is 19.9 Å². The molecule has 6 nitrogen and oxygen atoms in total. The van der Waals surface area contributed by atoms with Gasteiger partial charge in [0.15, 0.2) is 6.61 Å². The van der Waals surface area contributed by atoms with Crippen molar-refractivity contribution in [1.82, 2.24) is 5.32 Å². The Bertz CT molecular complexity index is 745. The predicted molar refractivity (Wildman–Crippen MR) is 97.3 cm³/mol. The molecule has 0 bridgehead atoms.